The van der Waals surface area contributed by atoms with Crippen molar-refractivity contribution in [2.24, 2.45) is 9.98 Å². The molecule has 1 aromatic heterocycles. The van der Waals surface area contributed by atoms with Crippen molar-refractivity contribution < 1.29 is 0 Å². The molecule has 208 valence electrons. The van der Waals surface area contributed by atoms with Gasteiger partial charge in [-0.3, -0.25) is 0 Å². The summed E-state index contributed by atoms with van der Waals surface area (Å²) in [5.41, 5.74) is 10.9. The number of amidine groups is 2. The number of benzene rings is 4. The lowest BCUT2D eigenvalue weighted by Crippen LogP contribution is -2.46. The van der Waals surface area contributed by atoms with Gasteiger partial charge in [0, 0.05) is 11.3 Å². The van der Waals surface area contributed by atoms with E-state index in [9.17, 15) is 0 Å². The largest absolute Gasteiger partial charge is 0.337 e. The molecule has 0 radical (unpaired) electrons. The highest BCUT2D eigenvalue weighted by molar-refractivity contribution is 6.51. The number of anilines is 2. The van der Waals surface area contributed by atoms with Crippen LogP contribution in [0, 0.1) is 20.8 Å². The molecule has 2 aliphatic heterocycles. The van der Waals surface area contributed by atoms with Crippen LogP contribution in [0.1, 0.15) is 59.3 Å². The summed E-state index contributed by atoms with van der Waals surface area (Å²) in [4.78, 5) is 12.8. The van der Waals surface area contributed by atoms with Gasteiger partial charge in [0.2, 0.25) is 0 Å². The summed E-state index contributed by atoms with van der Waals surface area (Å²) in [6.45, 7) is 10.8. The molecule has 2 aliphatic rings. The number of para-hydroxylation sites is 3. The fourth-order valence-corrected chi connectivity index (χ4v) is 5.88. The maximum atomic E-state index is 5.35. The van der Waals surface area contributed by atoms with Crippen molar-refractivity contribution in [3.8, 4) is 5.69 Å². The zero-order valence-electron chi connectivity index (χ0n) is 24.6. The molecule has 4 aromatic carbocycles. The molecule has 0 amide bonds. The number of aliphatic imine (C=N–C) groups is 2. The van der Waals surface area contributed by atoms with Crippen molar-refractivity contribution in [1.29, 1.82) is 0 Å². The Morgan fingerprint density at radius 3 is 2.24 bits per heavy atom. The first-order chi connectivity index (χ1) is 20.4. The van der Waals surface area contributed by atoms with Gasteiger partial charge in [0.05, 0.1) is 28.8 Å². The summed E-state index contributed by atoms with van der Waals surface area (Å²) in [5.74, 6) is 2.77. The van der Waals surface area contributed by atoms with E-state index in [1.54, 1.807) is 0 Å². The smallest absolute Gasteiger partial charge is 0.179 e. The number of fused-ring (bicyclic) bond motifs is 4. The van der Waals surface area contributed by atoms with Crippen molar-refractivity contribution >= 4 is 34.6 Å². The molecule has 0 aliphatic carbocycles. The van der Waals surface area contributed by atoms with Gasteiger partial charge in [-0.25, -0.2) is 14.7 Å². The zero-order valence-corrected chi connectivity index (χ0v) is 24.6. The first-order valence-electron chi connectivity index (χ1n) is 14.5. The van der Waals surface area contributed by atoms with E-state index in [-0.39, 0.29) is 6.04 Å². The lowest BCUT2D eigenvalue weighted by molar-refractivity contribution is 0.810. The van der Waals surface area contributed by atoms with Gasteiger partial charge < -0.3 is 10.2 Å². The molecular weight excluding hydrogens is 516 g/mol. The fraction of sp³-hybridized carbons (Fsp3) is 0.194. The Morgan fingerprint density at radius 2 is 1.50 bits per heavy atom. The quantitative estimate of drug-likeness (QED) is 0.243. The molecule has 0 bridgehead atoms. The van der Waals surface area contributed by atoms with E-state index < -0.39 is 0 Å². The van der Waals surface area contributed by atoms with Crippen molar-refractivity contribution in [1.82, 2.24) is 9.78 Å². The van der Waals surface area contributed by atoms with Crippen molar-refractivity contribution in [2.75, 3.05) is 10.2 Å². The molecule has 0 spiro atoms. The monoisotopic (exact) mass is 550 g/mol. The van der Waals surface area contributed by atoms with Gasteiger partial charge in [-0.2, -0.15) is 5.10 Å². The van der Waals surface area contributed by atoms with Crippen molar-refractivity contribution in [2.45, 2.75) is 46.6 Å². The molecule has 0 saturated heterocycles. The minimum atomic E-state index is -0.139. The Morgan fingerprint density at radius 1 is 0.762 bits per heavy atom. The minimum absolute atomic E-state index is 0.139. The topological polar surface area (TPSA) is 57.8 Å². The maximum absolute atomic E-state index is 5.35. The van der Waals surface area contributed by atoms with E-state index in [2.05, 4.69) is 118 Å². The third-order valence-electron chi connectivity index (χ3n) is 8.33. The minimum Gasteiger partial charge on any atom is -0.337 e. The highest BCUT2D eigenvalue weighted by Crippen LogP contribution is 2.48. The van der Waals surface area contributed by atoms with E-state index in [0.717, 1.165) is 45.7 Å². The van der Waals surface area contributed by atoms with Gasteiger partial charge >= 0.3 is 0 Å². The van der Waals surface area contributed by atoms with Crippen LogP contribution < -0.4 is 10.2 Å². The number of rotatable bonds is 4. The normalized spacial score (nSPS) is 15.5. The molecule has 1 atom stereocenters. The maximum Gasteiger partial charge on any atom is 0.179 e. The van der Waals surface area contributed by atoms with Crippen LogP contribution in [0.25, 0.3) is 5.69 Å². The third-order valence-corrected chi connectivity index (χ3v) is 8.33. The molecule has 3 heterocycles. The summed E-state index contributed by atoms with van der Waals surface area (Å²) >= 11 is 0. The molecule has 42 heavy (non-hydrogen) atoms. The fourth-order valence-electron chi connectivity index (χ4n) is 5.88. The van der Waals surface area contributed by atoms with Gasteiger partial charge in [-0.05, 0) is 85.3 Å². The van der Waals surface area contributed by atoms with Gasteiger partial charge in [-0.1, -0.05) is 74.5 Å². The summed E-state index contributed by atoms with van der Waals surface area (Å²) in [6.07, 6.45) is 0. The average Bonchev–Trinajstić information content (AvgIpc) is 3.34. The lowest BCUT2D eigenvalue weighted by atomic mass is 9.91. The second kappa shape index (κ2) is 10.1. The van der Waals surface area contributed by atoms with Crippen LogP contribution in [-0.2, 0) is 0 Å². The molecule has 0 saturated carbocycles. The zero-order chi connectivity index (χ0) is 29.0. The van der Waals surface area contributed by atoms with E-state index in [4.69, 9.17) is 15.1 Å². The van der Waals surface area contributed by atoms with Gasteiger partial charge in [0.25, 0.3) is 0 Å². The molecule has 0 unspecified atom stereocenters. The number of nitrogens with one attached hydrogen (secondary N) is 1. The molecule has 0 fully saturated rings. The van der Waals surface area contributed by atoms with Crippen LogP contribution in [0.3, 0.4) is 0 Å². The molecule has 5 aromatic rings. The third kappa shape index (κ3) is 4.31. The summed E-state index contributed by atoms with van der Waals surface area (Å²) in [5, 5.41) is 8.68. The van der Waals surface area contributed by atoms with Crippen LogP contribution >= 0.6 is 0 Å². The Bertz CT molecular complexity index is 1860. The molecule has 6 nitrogen and oxygen atoms in total. The number of hydrogen-bond acceptors (Lipinski definition) is 5. The van der Waals surface area contributed by atoms with Crippen molar-refractivity contribution in [3.63, 3.8) is 0 Å². The number of aromatic nitrogens is 2. The van der Waals surface area contributed by atoms with Crippen molar-refractivity contribution in [3.05, 3.63) is 131 Å². The number of aryl methyl sites for hydroxylation is 3. The Balaban J connectivity index is 1.47. The summed E-state index contributed by atoms with van der Waals surface area (Å²) in [7, 11) is 0. The number of nitrogens with zero attached hydrogens (tertiary/aromatic N) is 5. The van der Waals surface area contributed by atoms with Crippen LogP contribution in [0.2, 0.25) is 0 Å². The number of hydrogen-bond donors (Lipinski definition) is 1. The van der Waals surface area contributed by atoms with Crippen LogP contribution in [0.5, 0.6) is 0 Å². The molecule has 1 N–H and O–H groups in total. The summed E-state index contributed by atoms with van der Waals surface area (Å²) < 4.78 is 1.97. The Hall–Kier alpha value is -4.97. The van der Waals surface area contributed by atoms with Gasteiger partial charge in [0.1, 0.15) is 0 Å². The molecule has 7 rings (SSSR count). The van der Waals surface area contributed by atoms with Gasteiger partial charge in [0.15, 0.2) is 17.5 Å². The second-order valence-corrected chi connectivity index (χ2v) is 11.5. The van der Waals surface area contributed by atoms with Gasteiger partial charge in [-0.15, -0.1) is 0 Å². The first kappa shape index (κ1) is 26.0. The van der Waals surface area contributed by atoms with E-state index in [0.29, 0.717) is 11.8 Å². The first-order valence-corrected chi connectivity index (χ1v) is 14.5. The average molecular weight is 551 g/mol. The van der Waals surface area contributed by atoms with E-state index >= 15 is 0 Å². The molecular formula is C36H34N6. The predicted molar refractivity (Wildman–Crippen MR) is 173 cm³/mol. The van der Waals surface area contributed by atoms with Crippen LogP contribution in [-0.4, -0.2) is 21.5 Å². The predicted octanol–water partition coefficient (Wildman–Crippen LogP) is 8.72. The highest BCUT2D eigenvalue weighted by Gasteiger charge is 2.41. The Kier molecular flexibility index (Phi) is 6.27. The van der Waals surface area contributed by atoms with E-state index in [1.165, 1.54) is 22.3 Å². The highest BCUT2D eigenvalue weighted by atomic mass is 15.4. The SMILES string of the molecule is Cc1ccc(NC2=Nc3ccccc3N3C2=Nc2c(c(C)nn2-c2ccccc2)[C@H]3c2ccc(C(C)C)cc2)cc1C. The van der Waals surface area contributed by atoms with Crippen LogP contribution in [0.4, 0.5) is 22.9 Å². The summed E-state index contributed by atoms with van der Waals surface area (Å²) in [6, 6.07) is 33.9. The van der Waals surface area contributed by atoms with Crippen LogP contribution in [0.15, 0.2) is 107 Å². The van der Waals surface area contributed by atoms with E-state index in [1.807, 2.05) is 28.9 Å². The molecule has 6 heteroatoms. The standard InChI is InChI=1S/C36H34N6/c1-22(2)26-16-18-27(19-17-26)33-32-25(5)40-42(29-11-7-6-8-12-29)35(32)39-36-34(37-28-20-15-23(3)24(4)21-28)38-30-13-9-10-14-31(30)41(33)36/h6-22,33H,1-5H3,(H,37,38)/t33-/m1/s1. The lowest BCUT2D eigenvalue weighted by Gasteiger charge is -2.40. The second-order valence-electron chi connectivity index (χ2n) is 11.5. The Labute approximate surface area is 247 Å².